The Morgan fingerprint density at radius 3 is 2.64 bits per heavy atom. The molecule has 1 rings (SSSR count). The topological polar surface area (TPSA) is 79.2 Å². The first-order valence-corrected chi connectivity index (χ1v) is 7.33. The normalized spacial score (nSPS) is 13.1. The number of halogens is 2. The van der Waals surface area contributed by atoms with Crippen LogP contribution in [-0.2, 0) is 9.53 Å². The van der Waals surface area contributed by atoms with Crippen molar-refractivity contribution < 1.29 is 18.7 Å². The second-order valence-corrected chi connectivity index (χ2v) is 6.07. The lowest BCUT2D eigenvalue weighted by atomic mass is 9.90. The fourth-order valence-electron chi connectivity index (χ4n) is 1.49. The largest absolute Gasteiger partial charge is 0.452 e. The van der Waals surface area contributed by atoms with Crippen LogP contribution in [0, 0.1) is 23.1 Å². The molecule has 118 valence electrons. The first kappa shape index (κ1) is 18.1. The minimum atomic E-state index is -1.04. The van der Waals surface area contributed by atoms with Gasteiger partial charge in [0, 0.05) is 4.47 Å². The average Bonchev–Trinajstić information content (AvgIpc) is 2.44. The van der Waals surface area contributed by atoms with Gasteiger partial charge in [-0.3, -0.25) is 4.79 Å². The molecule has 0 aliphatic carbocycles. The Kier molecular flexibility index (Phi) is 6.06. The predicted molar refractivity (Wildman–Crippen MR) is 81.4 cm³/mol. The third-order valence-electron chi connectivity index (χ3n) is 3.27. The maximum Gasteiger partial charge on any atom is 0.339 e. The Labute approximate surface area is 136 Å². The van der Waals surface area contributed by atoms with Crippen LogP contribution in [0.1, 0.15) is 31.1 Å². The number of hydrogen-bond acceptors (Lipinski definition) is 4. The number of nitrogens with one attached hydrogen (secondary N) is 1. The van der Waals surface area contributed by atoms with E-state index in [4.69, 9.17) is 10.00 Å². The summed E-state index contributed by atoms with van der Waals surface area (Å²) in [4.78, 5) is 23.6. The molecule has 0 saturated heterocycles. The third-order valence-corrected chi connectivity index (χ3v) is 3.93. The van der Waals surface area contributed by atoms with Gasteiger partial charge in [-0.1, -0.05) is 13.8 Å². The SMILES string of the molecule is CC(C)[C@@](C)(C#N)NC(=O)COC(=O)c1ccc(F)cc1Br. The van der Waals surface area contributed by atoms with Gasteiger partial charge < -0.3 is 10.1 Å². The van der Waals surface area contributed by atoms with Gasteiger partial charge in [-0.05, 0) is 47.0 Å². The summed E-state index contributed by atoms with van der Waals surface area (Å²) in [5.74, 6) is -1.94. The standard InChI is InChI=1S/C15H16BrFN2O3/c1-9(2)15(3,8-18)19-13(20)7-22-14(21)11-5-4-10(17)6-12(11)16/h4-6,9H,7H2,1-3H3,(H,19,20)/t15-/m1/s1. The highest BCUT2D eigenvalue weighted by Gasteiger charge is 2.30. The van der Waals surface area contributed by atoms with Crippen LogP contribution in [0.3, 0.4) is 0 Å². The van der Waals surface area contributed by atoms with E-state index in [1.807, 2.05) is 6.07 Å². The van der Waals surface area contributed by atoms with Crippen LogP contribution in [0.4, 0.5) is 4.39 Å². The zero-order chi connectivity index (χ0) is 16.9. The lowest BCUT2D eigenvalue weighted by Crippen LogP contribution is -2.50. The van der Waals surface area contributed by atoms with Crippen LogP contribution in [0.5, 0.6) is 0 Å². The highest BCUT2D eigenvalue weighted by atomic mass is 79.9. The second kappa shape index (κ2) is 7.36. The van der Waals surface area contributed by atoms with Crippen molar-refractivity contribution in [3.8, 4) is 6.07 Å². The van der Waals surface area contributed by atoms with Gasteiger partial charge in [0.1, 0.15) is 11.4 Å². The van der Waals surface area contributed by atoms with Crippen molar-refractivity contribution in [2.45, 2.75) is 26.3 Å². The molecule has 7 heteroatoms. The monoisotopic (exact) mass is 370 g/mol. The number of nitrogens with zero attached hydrogens (tertiary/aromatic N) is 1. The van der Waals surface area contributed by atoms with Crippen LogP contribution in [0.15, 0.2) is 22.7 Å². The minimum absolute atomic E-state index is 0.108. The third kappa shape index (κ3) is 4.53. The molecule has 0 aromatic heterocycles. The van der Waals surface area contributed by atoms with E-state index >= 15 is 0 Å². The lowest BCUT2D eigenvalue weighted by molar-refractivity contribution is -0.125. The van der Waals surface area contributed by atoms with Gasteiger partial charge in [0.25, 0.3) is 5.91 Å². The van der Waals surface area contributed by atoms with Crippen molar-refractivity contribution in [2.24, 2.45) is 5.92 Å². The highest BCUT2D eigenvalue weighted by Crippen LogP contribution is 2.19. The number of benzene rings is 1. The predicted octanol–water partition coefficient (Wildman–Crippen LogP) is 2.80. The number of carbonyl (C=O) groups excluding carboxylic acids is 2. The van der Waals surface area contributed by atoms with Gasteiger partial charge in [-0.2, -0.15) is 5.26 Å². The van der Waals surface area contributed by atoms with Gasteiger partial charge in [0.2, 0.25) is 0 Å². The van der Waals surface area contributed by atoms with E-state index in [0.29, 0.717) is 0 Å². The van der Waals surface area contributed by atoms with Crippen molar-refractivity contribution in [2.75, 3.05) is 6.61 Å². The quantitative estimate of drug-likeness (QED) is 0.808. The summed E-state index contributed by atoms with van der Waals surface area (Å²) in [6, 6.07) is 5.52. The molecule has 1 aromatic carbocycles. The van der Waals surface area contributed by atoms with E-state index in [9.17, 15) is 14.0 Å². The van der Waals surface area contributed by atoms with E-state index in [0.717, 1.165) is 12.1 Å². The molecule has 1 aromatic rings. The first-order chi connectivity index (χ1) is 10.2. The van der Waals surface area contributed by atoms with Gasteiger partial charge in [-0.15, -0.1) is 0 Å². The van der Waals surface area contributed by atoms with Crippen molar-refractivity contribution >= 4 is 27.8 Å². The number of nitriles is 1. The molecule has 0 aliphatic rings. The van der Waals surface area contributed by atoms with Crippen molar-refractivity contribution in [3.05, 3.63) is 34.1 Å². The van der Waals surface area contributed by atoms with E-state index in [2.05, 4.69) is 21.2 Å². The van der Waals surface area contributed by atoms with Gasteiger partial charge in [0.15, 0.2) is 6.61 Å². The fourth-order valence-corrected chi connectivity index (χ4v) is 2.00. The maximum absolute atomic E-state index is 12.9. The summed E-state index contributed by atoms with van der Waals surface area (Å²) in [6.45, 7) is 4.66. The molecular formula is C15H16BrFN2O3. The number of esters is 1. The Morgan fingerprint density at radius 1 is 1.50 bits per heavy atom. The first-order valence-electron chi connectivity index (χ1n) is 6.54. The van der Waals surface area contributed by atoms with Crippen molar-refractivity contribution in [3.63, 3.8) is 0 Å². The number of amides is 1. The summed E-state index contributed by atoms with van der Waals surface area (Å²) in [6.07, 6.45) is 0. The van der Waals surface area contributed by atoms with Crippen LogP contribution in [-0.4, -0.2) is 24.0 Å². The lowest BCUT2D eigenvalue weighted by Gasteiger charge is -2.27. The van der Waals surface area contributed by atoms with Crippen molar-refractivity contribution in [1.29, 1.82) is 5.26 Å². The van der Waals surface area contributed by atoms with Gasteiger partial charge in [0.05, 0.1) is 11.6 Å². The molecule has 0 bridgehead atoms. The molecule has 1 N–H and O–H groups in total. The van der Waals surface area contributed by atoms with Gasteiger partial charge in [-0.25, -0.2) is 9.18 Å². The molecule has 0 aliphatic heterocycles. The molecule has 0 fully saturated rings. The number of carbonyl (C=O) groups is 2. The second-order valence-electron chi connectivity index (χ2n) is 5.22. The minimum Gasteiger partial charge on any atom is -0.452 e. The Morgan fingerprint density at radius 2 is 2.14 bits per heavy atom. The Balaban J connectivity index is 2.65. The highest BCUT2D eigenvalue weighted by molar-refractivity contribution is 9.10. The number of ether oxygens (including phenoxy) is 1. The van der Waals surface area contributed by atoms with Gasteiger partial charge >= 0.3 is 5.97 Å². The Hall–Kier alpha value is -1.94. The molecule has 1 amide bonds. The molecule has 1 atom stereocenters. The zero-order valence-electron chi connectivity index (χ0n) is 12.4. The number of hydrogen-bond donors (Lipinski definition) is 1. The molecule has 0 unspecified atom stereocenters. The maximum atomic E-state index is 12.9. The molecule has 0 saturated carbocycles. The molecule has 0 spiro atoms. The van der Waals surface area contributed by atoms with E-state index in [1.165, 1.54) is 6.07 Å². The van der Waals surface area contributed by atoms with E-state index < -0.39 is 29.8 Å². The molecule has 0 heterocycles. The van der Waals surface area contributed by atoms with E-state index in [-0.39, 0.29) is 16.0 Å². The summed E-state index contributed by atoms with van der Waals surface area (Å²) >= 11 is 3.05. The molecule has 5 nitrogen and oxygen atoms in total. The van der Waals surface area contributed by atoms with Crippen LogP contribution >= 0.6 is 15.9 Å². The Bertz CT molecular complexity index is 628. The van der Waals surface area contributed by atoms with Crippen LogP contribution < -0.4 is 5.32 Å². The molecule has 22 heavy (non-hydrogen) atoms. The zero-order valence-corrected chi connectivity index (χ0v) is 14.0. The fraction of sp³-hybridized carbons (Fsp3) is 0.400. The average molecular weight is 371 g/mol. The summed E-state index contributed by atoms with van der Waals surface area (Å²) in [7, 11) is 0. The van der Waals surface area contributed by atoms with Crippen LogP contribution in [0.25, 0.3) is 0 Å². The number of rotatable bonds is 5. The van der Waals surface area contributed by atoms with Crippen molar-refractivity contribution in [1.82, 2.24) is 5.32 Å². The van der Waals surface area contributed by atoms with E-state index in [1.54, 1.807) is 20.8 Å². The summed E-state index contributed by atoms with van der Waals surface area (Å²) in [5, 5.41) is 11.6. The summed E-state index contributed by atoms with van der Waals surface area (Å²) in [5.41, 5.74) is -0.930. The molecular weight excluding hydrogens is 355 g/mol. The summed E-state index contributed by atoms with van der Waals surface area (Å²) < 4.78 is 18.1. The van der Waals surface area contributed by atoms with Crippen LogP contribution in [0.2, 0.25) is 0 Å². The molecule has 0 radical (unpaired) electrons. The smallest absolute Gasteiger partial charge is 0.339 e.